The fraction of sp³-hybridized carbons (Fsp3) is 0.414. The highest BCUT2D eigenvalue weighted by Gasteiger charge is 2.21. The molecular formula is C58H70N4O3. The van der Waals surface area contributed by atoms with Crippen molar-refractivity contribution in [2.45, 2.75) is 136 Å². The molecule has 0 aliphatic carbocycles. The number of pyridine rings is 2. The predicted molar refractivity (Wildman–Crippen MR) is 273 cm³/mol. The van der Waals surface area contributed by atoms with Crippen LogP contribution in [-0.4, -0.2) is 38.9 Å². The topological polar surface area (TPSA) is 63.3 Å². The second-order valence-electron chi connectivity index (χ2n) is 17.8. The first-order chi connectivity index (χ1) is 32.2. The lowest BCUT2D eigenvalue weighted by atomic mass is 10.0. The van der Waals surface area contributed by atoms with Crippen LogP contribution in [0.4, 0.5) is 0 Å². The first-order valence-corrected chi connectivity index (χ1v) is 25.1. The molecule has 8 rings (SSSR count). The van der Waals surface area contributed by atoms with E-state index >= 15 is 0 Å². The van der Waals surface area contributed by atoms with Crippen molar-refractivity contribution in [3.05, 3.63) is 116 Å². The Kier molecular flexibility index (Phi) is 16.5. The van der Waals surface area contributed by atoms with Crippen molar-refractivity contribution in [3.8, 4) is 39.8 Å². The molecule has 0 N–H and O–H groups in total. The van der Waals surface area contributed by atoms with Gasteiger partial charge in [-0.2, -0.15) is 0 Å². The molecule has 8 aromatic rings. The molecule has 340 valence electrons. The molecule has 0 saturated heterocycles. The van der Waals surface area contributed by atoms with Crippen molar-refractivity contribution >= 4 is 43.9 Å². The summed E-state index contributed by atoms with van der Waals surface area (Å²) in [5, 5.41) is 2.25. The van der Waals surface area contributed by atoms with Gasteiger partial charge in [-0.05, 0) is 97.1 Å². The molecule has 0 radical (unpaired) electrons. The van der Waals surface area contributed by atoms with E-state index in [4.69, 9.17) is 24.2 Å². The number of fused-ring (bicyclic) bond motifs is 6. The highest BCUT2D eigenvalue weighted by atomic mass is 16.5. The molecule has 65 heavy (non-hydrogen) atoms. The van der Waals surface area contributed by atoms with Gasteiger partial charge in [0.05, 0.1) is 52.9 Å². The maximum Gasteiger partial charge on any atom is 0.203 e. The maximum absolute atomic E-state index is 6.83. The van der Waals surface area contributed by atoms with Crippen LogP contribution in [0, 0.1) is 0 Å². The molecule has 7 heteroatoms. The molecule has 0 amide bonds. The second-order valence-corrected chi connectivity index (χ2v) is 17.8. The average molecular weight is 871 g/mol. The third kappa shape index (κ3) is 11.0. The van der Waals surface area contributed by atoms with Crippen molar-refractivity contribution in [3.63, 3.8) is 0 Å². The minimum absolute atomic E-state index is 0.633. The van der Waals surface area contributed by atoms with Gasteiger partial charge < -0.3 is 23.3 Å². The standard InChI is InChI=1S/C58H70N4O3/c1-4-7-10-13-16-23-36-63-54-41-45(42-55(64-37-24-17-14-11-8-5-2)58(54)65-38-25-18-15-12-9-6-3)44-39-46(61-50-30-21-19-28-48(50)56-52(61)32-26-34-59-56)43-47(40-44)62-51-31-22-20-29-49(51)57-53(62)33-27-35-60-57/h19-22,26-35,39-43H,4-18,23-25,36-38H2,1-3H3. The van der Waals surface area contributed by atoms with Gasteiger partial charge >= 0.3 is 0 Å². The number of hydrogen-bond donors (Lipinski definition) is 0. The number of unbranched alkanes of at least 4 members (excludes halogenated alkanes) is 15. The number of aromatic nitrogens is 4. The van der Waals surface area contributed by atoms with Gasteiger partial charge in [0.25, 0.3) is 0 Å². The second kappa shape index (κ2) is 23.4. The van der Waals surface area contributed by atoms with Crippen LogP contribution in [0.15, 0.2) is 116 Å². The van der Waals surface area contributed by atoms with Crippen molar-refractivity contribution in [1.29, 1.82) is 0 Å². The normalized spacial score (nSPS) is 11.7. The highest BCUT2D eigenvalue weighted by molar-refractivity contribution is 6.08. The fourth-order valence-electron chi connectivity index (χ4n) is 9.43. The monoisotopic (exact) mass is 871 g/mol. The van der Waals surface area contributed by atoms with E-state index in [9.17, 15) is 0 Å². The number of hydrogen-bond acceptors (Lipinski definition) is 5. The van der Waals surface area contributed by atoms with E-state index < -0.39 is 0 Å². The van der Waals surface area contributed by atoms with E-state index in [0.29, 0.717) is 19.8 Å². The lowest BCUT2D eigenvalue weighted by Crippen LogP contribution is -2.07. The third-order valence-electron chi connectivity index (χ3n) is 12.9. The molecule has 0 aliphatic heterocycles. The summed E-state index contributed by atoms with van der Waals surface area (Å²) in [7, 11) is 0. The van der Waals surface area contributed by atoms with Crippen LogP contribution < -0.4 is 14.2 Å². The Morgan fingerprint density at radius 1 is 0.385 bits per heavy atom. The zero-order valence-corrected chi connectivity index (χ0v) is 39.3. The van der Waals surface area contributed by atoms with Crippen molar-refractivity contribution in [2.24, 2.45) is 0 Å². The Balaban J connectivity index is 1.26. The number of nitrogens with zero attached hydrogens (tertiary/aromatic N) is 4. The number of ether oxygens (including phenoxy) is 3. The van der Waals surface area contributed by atoms with Crippen molar-refractivity contribution in [2.75, 3.05) is 19.8 Å². The van der Waals surface area contributed by atoms with E-state index in [-0.39, 0.29) is 0 Å². The van der Waals surface area contributed by atoms with Gasteiger partial charge in [-0.3, -0.25) is 9.97 Å². The van der Waals surface area contributed by atoms with E-state index in [1.165, 1.54) is 77.0 Å². The molecule has 4 heterocycles. The van der Waals surface area contributed by atoms with Gasteiger partial charge in [0.15, 0.2) is 11.5 Å². The Hall–Kier alpha value is -5.82. The Bertz CT molecular complexity index is 2470. The predicted octanol–water partition coefficient (Wildman–Crippen LogP) is 16.6. The molecule has 0 spiro atoms. The first-order valence-electron chi connectivity index (χ1n) is 25.1. The van der Waals surface area contributed by atoms with Gasteiger partial charge in [0.2, 0.25) is 5.75 Å². The number of benzene rings is 4. The minimum Gasteiger partial charge on any atom is -0.490 e. The van der Waals surface area contributed by atoms with Crippen LogP contribution in [0.2, 0.25) is 0 Å². The van der Waals surface area contributed by atoms with Crippen molar-refractivity contribution < 1.29 is 14.2 Å². The summed E-state index contributed by atoms with van der Waals surface area (Å²) in [6.07, 6.45) is 25.4. The van der Waals surface area contributed by atoms with Crippen LogP contribution in [0.5, 0.6) is 17.2 Å². The molecule has 0 saturated carbocycles. The van der Waals surface area contributed by atoms with Gasteiger partial charge in [-0.1, -0.05) is 153 Å². The molecule has 0 bridgehead atoms. The quantitative estimate of drug-likeness (QED) is 0.0482. The van der Waals surface area contributed by atoms with E-state index in [1.807, 2.05) is 24.5 Å². The lowest BCUT2D eigenvalue weighted by molar-refractivity contribution is 0.234. The molecule has 4 aromatic heterocycles. The summed E-state index contributed by atoms with van der Waals surface area (Å²) in [6.45, 7) is 8.71. The molecule has 7 nitrogen and oxygen atoms in total. The largest absolute Gasteiger partial charge is 0.490 e. The van der Waals surface area contributed by atoms with E-state index in [2.05, 4.69) is 121 Å². The maximum atomic E-state index is 6.83. The fourth-order valence-corrected chi connectivity index (χ4v) is 9.43. The molecular weight excluding hydrogens is 801 g/mol. The summed E-state index contributed by atoms with van der Waals surface area (Å²) in [5.74, 6) is 2.25. The zero-order valence-electron chi connectivity index (χ0n) is 39.3. The third-order valence-corrected chi connectivity index (χ3v) is 12.9. The summed E-state index contributed by atoms with van der Waals surface area (Å²) in [5.41, 5.74) is 10.5. The van der Waals surface area contributed by atoms with Crippen LogP contribution in [0.3, 0.4) is 0 Å². The SMILES string of the molecule is CCCCCCCCOc1cc(-c2cc(-n3c4ccccc4c4ncccc43)cc(-n3c4ccccc4c4ncccc43)c2)cc(OCCCCCCCC)c1OCCCCCCCC. The van der Waals surface area contributed by atoms with Crippen molar-refractivity contribution in [1.82, 2.24) is 19.1 Å². The lowest BCUT2D eigenvalue weighted by Gasteiger charge is -2.20. The molecule has 0 atom stereocenters. The Morgan fingerprint density at radius 2 is 0.769 bits per heavy atom. The summed E-state index contributed by atoms with van der Waals surface area (Å²) in [4.78, 5) is 9.81. The minimum atomic E-state index is 0.633. The van der Waals surface area contributed by atoms with Gasteiger partial charge in [-0.25, -0.2) is 0 Å². The molecule has 4 aromatic carbocycles. The Morgan fingerprint density at radius 3 is 1.23 bits per heavy atom. The molecule has 0 fully saturated rings. The average Bonchev–Trinajstić information content (AvgIpc) is 3.86. The van der Waals surface area contributed by atoms with Crippen LogP contribution in [0.1, 0.15) is 136 Å². The van der Waals surface area contributed by atoms with Crippen LogP contribution >= 0.6 is 0 Å². The highest BCUT2D eigenvalue weighted by Crippen LogP contribution is 2.44. The first kappa shape index (κ1) is 45.7. The van der Waals surface area contributed by atoms with Gasteiger partial charge in [0.1, 0.15) is 0 Å². The summed E-state index contributed by atoms with van der Waals surface area (Å²) in [6, 6.07) is 37.0. The van der Waals surface area contributed by atoms with Gasteiger partial charge in [-0.15, -0.1) is 0 Å². The number of para-hydroxylation sites is 2. The Labute approximate surface area is 387 Å². The summed E-state index contributed by atoms with van der Waals surface area (Å²) >= 11 is 0. The zero-order chi connectivity index (χ0) is 44.6. The van der Waals surface area contributed by atoms with Crippen LogP contribution in [0.25, 0.3) is 66.4 Å². The van der Waals surface area contributed by atoms with Gasteiger partial charge in [0, 0.05) is 34.5 Å². The van der Waals surface area contributed by atoms with E-state index in [1.54, 1.807) is 0 Å². The smallest absolute Gasteiger partial charge is 0.203 e. The summed E-state index contributed by atoms with van der Waals surface area (Å²) < 4.78 is 25.2. The van der Waals surface area contributed by atoms with Crippen LogP contribution in [-0.2, 0) is 0 Å². The molecule has 0 aliphatic rings. The number of rotatable bonds is 27. The van der Waals surface area contributed by atoms with E-state index in [0.717, 1.165) is 122 Å². The molecule has 0 unspecified atom stereocenters.